The Bertz CT molecular complexity index is 505. The van der Waals surface area contributed by atoms with Gasteiger partial charge in [0.15, 0.2) is 0 Å². The van der Waals surface area contributed by atoms with Crippen LogP contribution in [0.4, 0.5) is 4.39 Å². The minimum atomic E-state index is -0.520. The van der Waals surface area contributed by atoms with Crippen molar-refractivity contribution in [2.24, 2.45) is 0 Å². The van der Waals surface area contributed by atoms with Crippen LogP contribution in [0.5, 0.6) is 0 Å². The topological polar surface area (TPSA) is 46.6 Å². The maximum atomic E-state index is 13.0. The summed E-state index contributed by atoms with van der Waals surface area (Å²) in [4.78, 5) is 25.2. The van der Waals surface area contributed by atoms with Crippen molar-refractivity contribution >= 4 is 23.5 Å². The molecule has 0 bridgehead atoms. The molecule has 0 unspecified atom stereocenters. The van der Waals surface area contributed by atoms with Crippen LogP contribution in [0.2, 0.25) is 5.02 Å². The van der Waals surface area contributed by atoms with E-state index in [9.17, 15) is 14.0 Å². The van der Waals surface area contributed by atoms with Crippen LogP contribution in [-0.4, -0.2) is 36.0 Å². The lowest BCUT2D eigenvalue weighted by Crippen LogP contribution is -2.41. The van der Waals surface area contributed by atoms with Crippen molar-refractivity contribution in [2.45, 2.75) is 26.8 Å². The van der Waals surface area contributed by atoms with Gasteiger partial charge in [-0.05, 0) is 39.0 Å². The number of halogens is 2. The van der Waals surface area contributed by atoms with Crippen molar-refractivity contribution < 1.29 is 18.7 Å². The molecule has 0 aromatic heterocycles. The molecule has 1 amide bonds. The normalized spacial score (nSPS) is 10.5. The molecule has 0 fully saturated rings. The lowest BCUT2D eigenvalue weighted by Gasteiger charge is -2.26. The van der Waals surface area contributed by atoms with E-state index >= 15 is 0 Å². The lowest BCUT2D eigenvalue weighted by molar-refractivity contribution is -0.144. The van der Waals surface area contributed by atoms with E-state index in [2.05, 4.69) is 0 Å². The summed E-state index contributed by atoms with van der Waals surface area (Å²) >= 11 is 5.87. The first-order valence-corrected chi connectivity index (χ1v) is 6.66. The molecule has 1 rings (SSSR count). The van der Waals surface area contributed by atoms with Crippen LogP contribution in [-0.2, 0) is 9.53 Å². The largest absolute Gasteiger partial charge is 0.465 e. The van der Waals surface area contributed by atoms with Crippen molar-refractivity contribution in [1.82, 2.24) is 4.90 Å². The van der Waals surface area contributed by atoms with E-state index in [4.69, 9.17) is 16.3 Å². The number of carbonyl (C=O) groups is 2. The minimum absolute atomic E-state index is 0.0181. The number of nitrogens with zero attached hydrogens (tertiary/aromatic N) is 1. The first kappa shape index (κ1) is 16.4. The summed E-state index contributed by atoms with van der Waals surface area (Å²) in [6, 6.07) is 3.31. The van der Waals surface area contributed by atoms with Crippen molar-refractivity contribution in [2.75, 3.05) is 13.2 Å². The van der Waals surface area contributed by atoms with Crippen molar-refractivity contribution in [3.05, 3.63) is 34.6 Å². The van der Waals surface area contributed by atoms with Crippen LogP contribution in [0.3, 0.4) is 0 Å². The average Bonchev–Trinajstić information content (AvgIpc) is 2.35. The second kappa shape index (κ2) is 7.24. The molecule has 0 atom stereocenters. The van der Waals surface area contributed by atoms with Gasteiger partial charge < -0.3 is 9.64 Å². The van der Waals surface area contributed by atoms with Gasteiger partial charge in [0, 0.05) is 6.04 Å². The summed E-state index contributed by atoms with van der Waals surface area (Å²) in [6.07, 6.45) is 0. The van der Waals surface area contributed by atoms with Gasteiger partial charge in [0.25, 0.3) is 5.91 Å². The summed E-state index contributed by atoms with van der Waals surface area (Å²) in [7, 11) is 0. The zero-order chi connectivity index (χ0) is 15.3. The molecule has 6 heteroatoms. The number of rotatable bonds is 5. The van der Waals surface area contributed by atoms with Gasteiger partial charge in [-0.3, -0.25) is 9.59 Å². The van der Waals surface area contributed by atoms with Gasteiger partial charge in [0.1, 0.15) is 12.4 Å². The second-order valence-electron chi connectivity index (χ2n) is 4.46. The van der Waals surface area contributed by atoms with Crippen LogP contribution in [0.15, 0.2) is 18.2 Å². The van der Waals surface area contributed by atoms with Gasteiger partial charge in [-0.15, -0.1) is 0 Å². The summed E-state index contributed by atoms with van der Waals surface area (Å²) < 4.78 is 17.8. The summed E-state index contributed by atoms with van der Waals surface area (Å²) in [6.45, 7) is 5.31. The fourth-order valence-electron chi connectivity index (χ4n) is 1.65. The Morgan fingerprint density at radius 2 is 2.05 bits per heavy atom. The molecule has 0 saturated carbocycles. The Hall–Kier alpha value is -1.62. The predicted molar refractivity (Wildman–Crippen MR) is 74.2 cm³/mol. The number of esters is 1. The minimum Gasteiger partial charge on any atom is -0.465 e. The highest BCUT2D eigenvalue weighted by molar-refractivity contribution is 6.33. The van der Waals surface area contributed by atoms with E-state index in [1.54, 1.807) is 20.8 Å². The molecule has 0 saturated heterocycles. The highest BCUT2D eigenvalue weighted by atomic mass is 35.5. The molecule has 0 aliphatic carbocycles. The number of ether oxygens (including phenoxy) is 1. The fourth-order valence-corrected chi connectivity index (χ4v) is 1.90. The van der Waals surface area contributed by atoms with Crippen LogP contribution >= 0.6 is 11.6 Å². The smallest absolute Gasteiger partial charge is 0.325 e. The van der Waals surface area contributed by atoms with Crippen LogP contribution < -0.4 is 0 Å². The molecule has 0 spiro atoms. The van der Waals surface area contributed by atoms with E-state index in [0.29, 0.717) is 0 Å². The third-order valence-electron chi connectivity index (χ3n) is 2.65. The maximum Gasteiger partial charge on any atom is 0.325 e. The molecule has 0 aliphatic heterocycles. The van der Waals surface area contributed by atoms with E-state index in [1.165, 1.54) is 11.0 Å². The number of carbonyl (C=O) groups excluding carboxylic acids is 2. The molecular weight excluding hydrogens is 285 g/mol. The standard InChI is InChI=1S/C14H17ClFNO3/c1-4-20-13(18)8-17(9(2)3)14(19)11-6-5-10(16)7-12(11)15/h5-7,9H,4,8H2,1-3H3. The fraction of sp³-hybridized carbons (Fsp3) is 0.429. The Morgan fingerprint density at radius 3 is 2.55 bits per heavy atom. The monoisotopic (exact) mass is 301 g/mol. The van der Waals surface area contributed by atoms with Crippen molar-refractivity contribution in [1.29, 1.82) is 0 Å². The van der Waals surface area contributed by atoms with E-state index in [1.807, 2.05) is 0 Å². The lowest BCUT2D eigenvalue weighted by atomic mass is 10.1. The highest BCUT2D eigenvalue weighted by Crippen LogP contribution is 2.20. The Balaban J connectivity index is 2.96. The molecule has 110 valence electrons. The number of benzene rings is 1. The molecule has 1 aromatic carbocycles. The molecule has 0 N–H and O–H groups in total. The molecule has 0 aliphatic rings. The summed E-state index contributed by atoms with van der Waals surface area (Å²) in [5.41, 5.74) is 0.158. The van der Waals surface area contributed by atoms with E-state index in [-0.39, 0.29) is 29.8 Å². The van der Waals surface area contributed by atoms with Crippen molar-refractivity contribution in [3.63, 3.8) is 0 Å². The average molecular weight is 302 g/mol. The third-order valence-corrected chi connectivity index (χ3v) is 2.96. The van der Waals surface area contributed by atoms with Crippen LogP contribution in [0, 0.1) is 5.82 Å². The molecule has 0 heterocycles. The van der Waals surface area contributed by atoms with E-state index in [0.717, 1.165) is 12.1 Å². The molecular formula is C14H17ClFNO3. The number of hydrogen-bond donors (Lipinski definition) is 0. The first-order chi connectivity index (χ1) is 9.36. The first-order valence-electron chi connectivity index (χ1n) is 6.28. The molecule has 4 nitrogen and oxygen atoms in total. The van der Waals surface area contributed by atoms with Gasteiger partial charge in [0.05, 0.1) is 17.2 Å². The number of hydrogen-bond acceptors (Lipinski definition) is 3. The molecule has 0 radical (unpaired) electrons. The van der Waals surface area contributed by atoms with Gasteiger partial charge in [0.2, 0.25) is 0 Å². The Morgan fingerprint density at radius 1 is 1.40 bits per heavy atom. The molecule has 20 heavy (non-hydrogen) atoms. The quantitative estimate of drug-likeness (QED) is 0.786. The zero-order valence-corrected chi connectivity index (χ0v) is 12.4. The van der Waals surface area contributed by atoms with Gasteiger partial charge >= 0.3 is 5.97 Å². The Labute approximate surface area is 122 Å². The summed E-state index contributed by atoms with van der Waals surface area (Å²) in [5.74, 6) is -1.45. The van der Waals surface area contributed by atoms with Crippen molar-refractivity contribution in [3.8, 4) is 0 Å². The van der Waals surface area contributed by atoms with E-state index < -0.39 is 17.7 Å². The van der Waals surface area contributed by atoms with Gasteiger partial charge in [-0.2, -0.15) is 0 Å². The predicted octanol–water partition coefficient (Wildman–Crippen LogP) is 2.89. The highest BCUT2D eigenvalue weighted by Gasteiger charge is 2.24. The van der Waals surface area contributed by atoms with Crippen LogP contribution in [0.25, 0.3) is 0 Å². The zero-order valence-electron chi connectivity index (χ0n) is 11.7. The van der Waals surface area contributed by atoms with Crippen LogP contribution in [0.1, 0.15) is 31.1 Å². The second-order valence-corrected chi connectivity index (χ2v) is 4.86. The summed E-state index contributed by atoms with van der Waals surface area (Å²) in [5, 5.41) is 0.0181. The molecule has 1 aromatic rings. The third kappa shape index (κ3) is 4.20. The maximum absolute atomic E-state index is 13.0. The Kier molecular flexibility index (Phi) is 5.95. The van der Waals surface area contributed by atoms with Gasteiger partial charge in [-0.1, -0.05) is 11.6 Å². The van der Waals surface area contributed by atoms with Gasteiger partial charge in [-0.25, -0.2) is 4.39 Å². The number of amides is 1. The SMILES string of the molecule is CCOC(=O)CN(C(=O)c1ccc(F)cc1Cl)C(C)C.